The number of likely N-dealkylation sites (tertiary alicyclic amines) is 1. The highest BCUT2D eigenvalue weighted by Crippen LogP contribution is 2.22. The van der Waals surface area contributed by atoms with Gasteiger partial charge in [-0.2, -0.15) is 4.68 Å². The molecule has 0 aliphatic carbocycles. The molecule has 0 radical (unpaired) electrons. The van der Waals surface area contributed by atoms with Crippen molar-refractivity contribution in [3.05, 3.63) is 48.4 Å². The van der Waals surface area contributed by atoms with Crippen LogP contribution in [0.2, 0.25) is 0 Å². The first-order chi connectivity index (χ1) is 11.7. The fourth-order valence-electron chi connectivity index (χ4n) is 3.09. The van der Waals surface area contributed by atoms with Crippen LogP contribution in [0.1, 0.15) is 28.2 Å². The van der Waals surface area contributed by atoms with Gasteiger partial charge in [0.1, 0.15) is 5.52 Å². The van der Waals surface area contributed by atoms with E-state index < -0.39 is 0 Å². The van der Waals surface area contributed by atoms with Crippen LogP contribution in [0.4, 0.5) is 0 Å². The van der Waals surface area contributed by atoms with Gasteiger partial charge in [-0.1, -0.05) is 17.3 Å². The molecule has 0 spiro atoms. The first kappa shape index (κ1) is 14.6. The highest BCUT2D eigenvalue weighted by Gasteiger charge is 2.30. The molecule has 2 aromatic heterocycles. The van der Waals surface area contributed by atoms with E-state index in [4.69, 9.17) is 4.42 Å². The Labute approximate surface area is 137 Å². The number of nitrogens with zero attached hydrogens (tertiary/aromatic N) is 4. The summed E-state index contributed by atoms with van der Waals surface area (Å²) in [5.74, 6) is -0.0105. The van der Waals surface area contributed by atoms with Crippen molar-refractivity contribution in [3.63, 3.8) is 0 Å². The monoisotopic (exact) mass is 324 g/mol. The lowest BCUT2D eigenvalue weighted by molar-refractivity contribution is 0.0594. The van der Waals surface area contributed by atoms with Crippen molar-refractivity contribution >= 4 is 22.8 Å². The molecule has 122 valence electrons. The molecule has 3 heterocycles. The Balaban J connectivity index is 1.46. The van der Waals surface area contributed by atoms with E-state index >= 15 is 0 Å². The van der Waals surface area contributed by atoms with Crippen LogP contribution in [0.5, 0.6) is 0 Å². The number of amides is 1. The molecule has 7 heteroatoms. The van der Waals surface area contributed by atoms with E-state index in [1.807, 2.05) is 24.3 Å². The van der Waals surface area contributed by atoms with Crippen molar-refractivity contribution in [1.82, 2.24) is 19.9 Å². The average Bonchev–Trinajstić information content (AvgIpc) is 3.30. The fraction of sp³-hybridized carbons (Fsp3) is 0.294. The van der Waals surface area contributed by atoms with Crippen molar-refractivity contribution in [3.8, 4) is 0 Å². The number of aromatic nitrogens is 3. The Morgan fingerprint density at radius 3 is 2.62 bits per heavy atom. The van der Waals surface area contributed by atoms with Crippen LogP contribution in [-0.2, 0) is 0 Å². The minimum atomic E-state index is -0.157. The third kappa shape index (κ3) is 2.47. The topological polar surface area (TPSA) is 81.2 Å². The summed E-state index contributed by atoms with van der Waals surface area (Å²) in [6.45, 7) is 1.06. The number of benzene rings is 1. The second-order valence-corrected chi connectivity index (χ2v) is 5.87. The molecule has 0 unspecified atom stereocenters. The Kier molecular flexibility index (Phi) is 3.60. The molecular formula is C17H16N4O3. The van der Waals surface area contributed by atoms with Crippen molar-refractivity contribution in [1.29, 1.82) is 0 Å². The van der Waals surface area contributed by atoms with Crippen LogP contribution < -0.4 is 0 Å². The van der Waals surface area contributed by atoms with Crippen molar-refractivity contribution in [2.75, 3.05) is 13.1 Å². The van der Waals surface area contributed by atoms with Crippen molar-refractivity contribution < 1.29 is 14.0 Å². The molecule has 3 aromatic rings. The molecule has 24 heavy (non-hydrogen) atoms. The molecule has 0 atom stereocenters. The van der Waals surface area contributed by atoms with Gasteiger partial charge in [0.2, 0.25) is 0 Å². The summed E-state index contributed by atoms with van der Waals surface area (Å²) in [6.07, 6.45) is 2.71. The Hall–Kier alpha value is -2.96. The zero-order chi connectivity index (χ0) is 16.5. The summed E-state index contributed by atoms with van der Waals surface area (Å²) >= 11 is 0. The Morgan fingerprint density at radius 2 is 1.88 bits per heavy atom. The molecule has 1 aliphatic heterocycles. The minimum Gasteiger partial charge on any atom is -0.459 e. The maximum absolute atomic E-state index is 12.7. The van der Waals surface area contributed by atoms with Gasteiger partial charge in [-0.25, -0.2) is 0 Å². The zero-order valence-corrected chi connectivity index (χ0v) is 13.0. The first-order valence-electron chi connectivity index (χ1n) is 7.91. The van der Waals surface area contributed by atoms with Crippen LogP contribution in [0.25, 0.3) is 11.0 Å². The lowest BCUT2D eigenvalue weighted by Gasteiger charge is -2.30. The van der Waals surface area contributed by atoms with E-state index in [-0.39, 0.29) is 17.7 Å². The van der Waals surface area contributed by atoms with Crippen molar-refractivity contribution in [2.24, 2.45) is 5.92 Å². The minimum absolute atomic E-state index is 0.0613. The largest absolute Gasteiger partial charge is 0.459 e. The lowest BCUT2D eigenvalue weighted by Crippen LogP contribution is -2.41. The van der Waals surface area contributed by atoms with Crippen LogP contribution in [0.15, 0.2) is 47.1 Å². The van der Waals surface area contributed by atoms with Gasteiger partial charge in [0.15, 0.2) is 5.76 Å². The van der Waals surface area contributed by atoms with Gasteiger partial charge in [-0.05, 0) is 37.1 Å². The molecule has 1 saturated heterocycles. The number of para-hydroxylation sites is 1. The molecule has 1 aliphatic rings. The molecule has 1 amide bonds. The molecule has 4 rings (SSSR count). The highest BCUT2D eigenvalue weighted by atomic mass is 16.3. The molecular weight excluding hydrogens is 308 g/mol. The number of furan rings is 1. The Morgan fingerprint density at radius 1 is 1.08 bits per heavy atom. The molecule has 1 aromatic carbocycles. The number of hydrogen-bond donors (Lipinski definition) is 0. The number of carbonyl (C=O) groups is 2. The van der Waals surface area contributed by atoms with E-state index in [1.54, 1.807) is 17.0 Å². The third-order valence-electron chi connectivity index (χ3n) is 4.42. The quantitative estimate of drug-likeness (QED) is 0.722. The summed E-state index contributed by atoms with van der Waals surface area (Å²) in [7, 11) is 0. The smallest absolute Gasteiger partial charge is 0.289 e. The molecule has 0 N–H and O–H groups in total. The van der Waals surface area contributed by atoms with E-state index in [1.165, 1.54) is 10.9 Å². The standard InChI is InChI=1S/C17H16N4O3/c22-16(21-14-5-2-1-4-13(14)18-19-21)12-7-9-20(10-8-12)17(23)15-6-3-11-24-15/h1-6,11-12H,7-10H2. The van der Waals surface area contributed by atoms with E-state index in [0.717, 1.165) is 5.52 Å². The second-order valence-electron chi connectivity index (χ2n) is 5.87. The average molecular weight is 324 g/mol. The van der Waals surface area contributed by atoms with Gasteiger partial charge in [-0.15, -0.1) is 5.10 Å². The Bertz CT molecular complexity index is 876. The van der Waals surface area contributed by atoms with Gasteiger partial charge < -0.3 is 9.32 Å². The second kappa shape index (κ2) is 5.92. The van der Waals surface area contributed by atoms with Gasteiger partial charge in [0.05, 0.1) is 11.8 Å². The summed E-state index contributed by atoms with van der Waals surface area (Å²) in [5, 5.41) is 8.01. The molecule has 7 nitrogen and oxygen atoms in total. The third-order valence-corrected chi connectivity index (χ3v) is 4.42. The number of piperidine rings is 1. The normalized spacial score (nSPS) is 15.8. The van der Waals surface area contributed by atoms with Gasteiger partial charge >= 0.3 is 0 Å². The molecule has 0 bridgehead atoms. The van der Waals surface area contributed by atoms with Crippen LogP contribution in [0, 0.1) is 5.92 Å². The number of fused-ring (bicyclic) bond motifs is 1. The van der Waals surface area contributed by atoms with E-state index in [9.17, 15) is 9.59 Å². The van der Waals surface area contributed by atoms with E-state index in [2.05, 4.69) is 10.3 Å². The predicted molar refractivity (Wildman–Crippen MR) is 85.5 cm³/mol. The lowest BCUT2D eigenvalue weighted by atomic mass is 9.95. The number of carbonyl (C=O) groups excluding carboxylic acids is 2. The SMILES string of the molecule is O=C(c1ccco1)N1CCC(C(=O)n2nnc3ccccc32)CC1. The maximum Gasteiger partial charge on any atom is 0.289 e. The van der Waals surface area contributed by atoms with Crippen LogP contribution in [-0.4, -0.2) is 44.8 Å². The van der Waals surface area contributed by atoms with Crippen LogP contribution >= 0.6 is 0 Å². The molecule has 1 fully saturated rings. The van der Waals surface area contributed by atoms with Crippen molar-refractivity contribution in [2.45, 2.75) is 12.8 Å². The number of rotatable bonds is 2. The maximum atomic E-state index is 12.7. The van der Waals surface area contributed by atoms with Gasteiger partial charge in [0, 0.05) is 19.0 Å². The number of hydrogen-bond acceptors (Lipinski definition) is 5. The molecule has 0 saturated carbocycles. The zero-order valence-electron chi connectivity index (χ0n) is 13.0. The predicted octanol–water partition coefficient (Wildman–Crippen LogP) is 2.22. The van der Waals surface area contributed by atoms with Gasteiger partial charge in [-0.3, -0.25) is 9.59 Å². The summed E-state index contributed by atoms with van der Waals surface area (Å²) in [5.41, 5.74) is 1.42. The van der Waals surface area contributed by atoms with Gasteiger partial charge in [0.25, 0.3) is 11.8 Å². The summed E-state index contributed by atoms with van der Waals surface area (Å²) in [6, 6.07) is 10.7. The van der Waals surface area contributed by atoms with Crippen LogP contribution in [0.3, 0.4) is 0 Å². The highest BCUT2D eigenvalue weighted by molar-refractivity contribution is 5.92. The first-order valence-corrected chi connectivity index (χ1v) is 7.91. The van der Waals surface area contributed by atoms with E-state index in [0.29, 0.717) is 37.2 Å². The summed E-state index contributed by atoms with van der Waals surface area (Å²) < 4.78 is 6.53. The summed E-state index contributed by atoms with van der Waals surface area (Å²) in [4.78, 5) is 26.7. The fourth-order valence-corrected chi connectivity index (χ4v) is 3.09.